The van der Waals surface area contributed by atoms with Crippen LogP contribution in [0.15, 0.2) is 22.4 Å². The van der Waals surface area contributed by atoms with Gasteiger partial charge in [-0.2, -0.15) is 0 Å². The second-order valence-corrected chi connectivity index (χ2v) is 6.35. The van der Waals surface area contributed by atoms with Crippen LogP contribution in [0.5, 0.6) is 0 Å². The highest BCUT2D eigenvalue weighted by Crippen LogP contribution is 2.32. The molecule has 1 aliphatic rings. The Morgan fingerprint density at radius 3 is 2.65 bits per heavy atom. The fourth-order valence-electron chi connectivity index (χ4n) is 2.38. The van der Waals surface area contributed by atoms with Crippen LogP contribution in [-0.4, -0.2) is 4.98 Å². The number of aromatic nitrogens is 1. The molecule has 0 N–H and O–H groups in total. The second-order valence-electron chi connectivity index (χ2n) is 4.60. The molecule has 2 aromatic rings. The van der Waals surface area contributed by atoms with Crippen molar-refractivity contribution in [2.45, 2.75) is 36.8 Å². The zero-order chi connectivity index (χ0) is 11.8. The van der Waals surface area contributed by atoms with E-state index in [0.717, 1.165) is 14.9 Å². The van der Waals surface area contributed by atoms with E-state index in [9.17, 15) is 0 Å². The van der Waals surface area contributed by atoms with Crippen molar-refractivity contribution in [3.8, 4) is 10.6 Å². The number of benzene rings is 1. The second kappa shape index (κ2) is 4.46. The van der Waals surface area contributed by atoms with Gasteiger partial charge in [0.15, 0.2) is 0 Å². The molecule has 1 heterocycles. The van der Waals surface area contributed by atoms with Crippen molar-refractivity contribution in [3.05, 3.63) is 35.0 Å². The molecule has 17 heavy (non-hydrogen) atoms. The molecule has 0 bridgehead atoms. The molecule has 0 amide bonds. The highest BCUT2D eigenvalue weighted by Gasteiger charge is 2.12. The van der Waals surface area contributed by atoms with Crippen LogP contribution in [0.25, 0.3) is 10.6 Å². The van der Waals surface area contributed by atoms with Crippen LogP contribution in [0.1, 0.15) is 29.7 Å². The first kappa shape index (κ1) is 11.3. The molecule has 0 fully saturated rings. The smallest absolute Gasteiger partial charge is 0.124 e. The number of fused-ring (bicyclic) bond motifs is 1. The lowest BCUT2D eigenvalue weighted by Gasteiger charge is -2.15. The van der Waals surface area contributed by atoms with Crippen LogP contribution in [-0.2, 0) is 12.8 Å². The van der Waals surface area contributed by atoms with Crippen molar-refractivity contribution in [2.24, 2.45) is 0 Å². The Balaban J connectivity index is 2.03. The predicted molar refractivity (Wildman–Crippen MR) is 76.2 cm³/mol. The fraction of sp³-hybridized carbons (Fsp3) is 0.357. The van der Waals surface area contributed by atoms with Gasteiger partial charge in [-0.15, -0.1) is 24.0 Å². The SMILES string of the molecule is Cc1nc(-c2ccc3c(c2)CCCC3)sc1S. The first-order valence-electron chi connectivity index (χ1n) is 6.02. The first-order chi connectivity index (χ1) is 8.24. The van der Waals surface area contributed by atoms with Crippen molar-refractivity contribution >= 4 is 24.0 Å². The lowest BCUT2D eigenvalue weighted by Crippen LogP contribution is -2.02. The van der Waals surface area contributed by atoms with Gasteiger partial charge in [0.1, 0.15) is 5.01 Å². The Hall–Kier alpha value is -0.800. The molecule has 3 heteroatoms. The van der Waals surface area contributed by atoms with E-state index in [1.807, 2.05) is 6.92 Å². The van der Waals surface area contributed by atoms with Gasteiger partial charge >= 0.3 is 0 Å². The van der Waals surface area contributed by atoms with Gasteiger partial charge in [0.05, 0.1) is 9.90 Å². The Morgan fingerprint density at radius 1 is 1.18 bits per heavy atom. The molecule has 88 valence electrons. The molecule has 3 rings (SSSR count). The summed E-state index contributed by atoms with van der Waals surface area (Å²) in [6, 6.07) is 6.80. The van der Waals surface area contributed by atoms with Crippen molar-refractivity contribution in [1.82, 2.24) is 4.98 Å². The summed E-state index contributed by atoms with van der Waals surface area (Å²) in [4.78, 5) is 4.57. The summed E-state index contributed by atoms with van der Waals surface area (Å²) in [6.45, 7) is 2.01. The third-order valence-corrected chi connectivity index (χ3v) is 4.97. The summed E-state index contributed by atoms with van der Waals surface area (Å²) >= 11 is 6.09. The third-order valence-electron chi connectivity index (χ3n) is 3.37. The largest absolute Gasteiger partial charge is 0.240 e. The molecule has 0 radical (unpaired) electrons. The number of thiol groups is 1. The number of aryl methyl sites for hydroxylation is 3. The van der Waals surface area contributed by atoms with Crippen molar-refractivity contribution in [3.63, 3.8) is 0 Å². The first-order valence-corrected chi connectivity index (χ1v) is 7.29. The fourth-order valence-corrected chi connectivity index (χ4v) is 3.49. The lowest BCUT2D eigenvalue weighted by atomic mass is 9.90. The van der Waals surface area contributed by atoms with E-state index < -0.39 is 0 Å². The molecule has 0 aliphatic heterocycles. The third kappa shape index (κ3) is 2.14. The van der Waals surface area contributed by atoms with E-state index in [1.165, 1.54) is 42.4 Å². The summed E-state index contributed by atoms with van der Waals surface area (Å²) in [5, 5.41) is 1.10. The summed E-state index contributed by atoms with van der Waals surface area (Å²) in [7, 11) is 0. The highest BCUT2D eigenvalue weighted by molar-refractivity contribution is 7.83. The number of rotatable bonds is 1. The van der Waals surface area contributed by atoms with Gasteiger partial charge in [0.2, 0.25) is 0 Å². The number of thiazole rings is 1. The number of nitrogens with zero attached hydrogens (tertiary/aromatic N) is 1. The topological polar surface area (TPSA) is 12.9 Å². The van der Waals surface area contributed by atoms with E-state index in [2.05, 4.69) is 35.8 Å². The standard InChI is InChI=1S/C14H15NS2/c1-9-14(16)17-13(15-9)12-7-6-10-4-2-3-5-11(10)8-12/h6-8,16H,2-5H2,1H3. The van der Waals surface area contributed by atoms with E-state index >= 15 is 0 Å². The van der Waals surface area contributed by atoms with Gasteiger partial charge in [-0.3, -0.25) is 0 Å². The normalized spacial score (nSPS) is 14.7. The van der Waals surface area contributed by atoms with Gasteiger partial charge in [-0.1, -0.05) is 12.1 Å². The maximum absolute atomic E-state index is 4.57. The summed E-state index contributed by atoms with van der Waals surface area (Å²) in [6.07, 6.45) is 5.13. The molecular weight excluding hydrogens is 246 g/mol. The van der Waals surface area contributed by atoms with E-state index in [0.29, 0.717) is 0 Å². The van der Waals surface area contributed by atoms with Gasteiger partial charge in [-0.25, -0.2) is 4.98 Å². The van der Waals surface area contributed by atoms with E-state index in [-0.39, 0.29) is 0 Å². The number of hydrogen-bond donors (Lipinski definition) is 1. The van der Waals surface area contributed by atoms with E-state index in [1.54, 1.807) is 11.3 Å². The molecule has 0 spiro atoms. The maximum atomic E-state index is 4.57. The average Bonchev–Trinajstić information content (AvgIpc) is 2.69. The van der Waals surface area contributed by atoms with Crippen molar-refractivity contribution in [2.75, 3.05) is 0 Å². The zero-order valence-corrected chi connectivity index (χ0v) is 11.6. The molecular formula is C14H15NS2. The van der Waals surface area contributed by atoms with Crippen LogP contribution in [0.2, 0.25) is 0 Å². The Bertz CT molecular complexity index is 538. The van der Waals surface area contributed by atoms with Crippen LogP contribution in [0.3, 0.4) is 0 Å². The van der Waals surface area contributed by atoms with Gasteiger partial charge < -0.3 is 0 Å². The van der Waals surface area contributed by atoms with Gasteiger partial charge in [0.25, 0.3) is 0 Å². The van der Waals surface area contributed by atoms with Crippen molar-refractivity contribution < 1.29 is 0 Å². The number of hydrogen-bond acceptors (Lipinski definition) is 3. The lowest BCUT2D eigenvalue weighted by molar-refractivity contribution is 0.686. The molecule has 1 aliphatic carbocycles. The molecule has 1 aromatic heterocycles. The monoisotopic (exact) mass is 261 g/mol. The zero-order valence-electron chi connectivity index (χ0n) is 9.86. The summed E-state index contributed by atoms with van der Waals surface area (Å²) in [5.41, 5.74) is 5.33. The average molecular weight is 261 g/mol. The van der Waals surface area contributed by atoms with Crippen LogP contribution < -0.4 is 0 Å². The minimum absolute atomic E-state index is 1.03. The minimum atomic E-state index is 1.03. The van der Waals surface area contributed by atoms with E-state index in [4.69, 9.17) is 0 Å². The quantitative estimate of drug-likeness (QED) is 0.756. The Morgan fingerprint density at radius 2 is 1.94 bits per heavy atom. The summed E-state index contributed by atoms with van der Waals surface area (Å²) < 4.78 is 1.03. The highest BCUT2D eigenvalue weighted by atomic mass is 32.2. The minimum Gasteiger partial charge on any atom is -0.240 e. The van der Waals surface area contributed by atoms with Gasteiger partial charge in [0, 0.05) is 5.56 Å². The predicted octanol–water partition coefficient (Wildman–Crippen LogP) is 4.29. The molecule has 0 atom stereocenters. The van der Waals surface area contributed by atoms with Crippen LogP contribution in [0, 0.1) is 6.92 Å². The Labute approximate surface area is 111 Å². The van der Waals surface area contributed by atoms with Crippen molar-refractivity contribution in [1.29, 1.82) is 0 Å². The molecule has 0 saturated heterocycles. The molecule has 1 aromatic carbocycles. The Kier molecular flexibility index (Phi) is 2.97. The van der Waals surface area contributed by atoms with Crippen LogP contribution >= 0.6 is 24.0 Å². The van der Waals surface area contributed by atoms with Gasteiger partial charge in [-0.05, 0) is 49.8 Å². The maximum Gasteiger partial charge on any atom is 0.124 e. The molecule has 0 saturated carbocycles. The molecule has 1 nitrogen and oxygen atoms in total. The molecule has 0 unspecified atom stereocenters. The van der Waals surface area contributed by atoms with Crippen LogP contribution in [0.4, 0.5) is 0 Å². The summed E-state index contributed by atoms with van der Waals surface area (Å²) in [5.74, 6) is 0.